The summed E-state index contributed by atoms with van der Waals surface area (Å²) >= 11 is 0. The van der Waals surface area contributed by atoms with Crippen LogP contribution >= 0.6 is 0 Å². The lowest BCUT2D eigenvalue weighted by atomic mass is 9.85. The monoisotopic (exact) mass is 281 g/mol. The van der Waals surface area contributed by atoms with Gasteiger partial charge in [-0.25, -0.2) is 8.42 Å². The van der Waals surface area contributed by atoms with Gasteiger partial charge in [0, 0.05) is 0 Å². The Hall–Kier alpha value is -1.17. The molecule has 6 heteroatoms. The average molecular weight is 281 g/mol. The zero-order chi connectivity index (χ0) is 13.4. The minimum atomic E-state index is -3.08. The third-order valence-corrected chi connectivity index (χ3v) is 6.83. The highest BCUT2D eigenvalue weighted by atomic mass is 32.2. The largest absolute Gasteiger partial charge is 0.278 e. The fraction of sp³-hybridized carbons (Fsp3) is 0.692. The van der Waals surface area contributed by atoms with Gasteiger partial charge in [0.2, 0.25) is 11.8 Å². The molecule has 2 aliphatic carbocycles. The highest BCUT2D eigenvalue weighted by molar-refractivity contribution is 7.91. The summed E-state index contributed by atoms with van der Waals surface area (Å²) in [5.41, 5.74) is 0. The molecule has 5 unspecified atom stereocenters. The predicted molar refractivity (Wildman–Crippen MR) is 66.6 cm³/mol. The molecule has 2 saturated heterocycles. The summed E-state index contributed by atoms with van der Waals surface area (Å²) in [5.74, 6) is -0.273. The van der Waals surface area contributed by atoms with E-state index in [0.717, 1.165) is 6.42 Å². The normalized spacial score (nSPS) is 46.3. The Kier molecular flexibility index (Phi) is 2.13. The van der Waals surface area contributed by atoms with Crippen molar-refractivity contribution < 1.29 is 18.0 Å². The maximum absolute atomic E-state index is 12.5. The Morgan fingerprint density at radius 1 is 1.05 bits per heavy atom. The van der Waals surface area contributed by atoms with E-state index < -0.39 is 15.9 Å². The molecule has 19 heavy (non-hydrogen) atoms. The number of rotatable bonds is 1. The van der Waals surface area contributed by atoms with Crippen molar-refractivity contribution in [2.45, 2.75) is 18.9 Å². The van der Waals surface area contributed by atoms with Crippen LogP contribution in [-0.2, 0) is 19.4 Å². The molecule has 4 rings (SSSR count). The summed E-state index contributed by atoms with van der Waals surface area (Å²) in [4.78, 5) is 26.2. The molecular formula is C13H15NO4S. The number of nitrogens with zero attached hydrogens (tertiary/aromatic N) is 1. The lowest BCUT2D eigenvalue weighted by Crippen LogP contribution is -2.42. The van der Waals surface area contributed by atoms with Crippen molar-refractivity contribution in [3.63, 3.8) is 0 Å². The topological polar surface area (TPSA) is 71.5 Å². The van der Waals surface area contributed by atoms with Crippen molar-refractivity contribution in [3.05, 3.63) is 12.2 Å². The van der Waals surface area contributed by atoms with Crippen LogP contribution in [0.15, 0.2) is 12.2 Å². The SMILES string of the molecule is O=C1C2C3C=CC(C3)C2C(=O)N1C1CCS(=O)(=O)C1. The minimum Gasteiger partial charge on any atom is -0.278 e. The Labute approximate surface area is 111 Å². The third kappa shape index (κ3) is 1.43. The number of hydrogen-bond donors (Lipinski definition) is 0. The molecule has 2 aliphatic heterocycles. The predicted octanol–water partition coefficient (Wildman–Crippen LogP) is -0.0194. The highest BCUT2D eigenvalue weighted by Gasteiger charge is 2.60. The first-order valence-electron chi connectivity index (χ1n) is 6.73. The van der Waals surface area contributed by atoms with Crippen LogP contribution in [-0.4, -0.2) is 42.7 Å². The van der Waals surface area contributed by atoms with Gasteiger partial charge in [0.15, 0.2) is 9.84 Å². The molecule has 102 valence electrons. The van der Waals surface area contributed by atoms with Gasteiger partial charge in [-0.2, -0.15) is 0 Å². The van der Waals surface area contributed by atoms with Crippen LogP contribution in [0.2, 0.25) is 0 Å². The molecule has 2 bridgehead atoms. The van der Waals surface area contributed by atoms with Gasteiger partial charge in [0.05, 0.1) is 29.4 Å². The minimum absolute atomic E-state index is 0.0489. The second-order valence-electron chi connectivity index (χ2n) is 6.10. The van der Waals surface area contributed by atoms with Crippen molar-refractivity contribution in [1.29, 1.82) is 0 Å². The zero-order valence-electron chi connectivity index (χ0n) is 10.4. The molecule has 3 fully saturated rings. The van der Waals surface area contributed by atoms with Crippen LogP contribution in [0, 0.1) is 23.7 Å². The van der Waals surface area contributed by atoms with E-state index in [0.29, 0.717) is 6.42 Å². The molecule has 5 nitrogen and oxygen atoms in total. The molecule has 5 atom stereocenters. The van der Waals surface area contributed by atoms with Gasteiger partial charge in [-0.1, -0.05) is 12.2 Å². The lowest BCUT2D eigenvalue weighted by Gasteiger charge is -2.22. The van der Waals surface area contributed by atoms with Crippen LogP contribution in [0.25, 0.3) is 0 Å². The number of imide groups is 1. The number of hydrogen-bond acceptors (Lipinski definition) is 4. The van der Waals surface area contributed by atoms with Crippen LogP contribution in [0.3, 0.4) is 0 Å². The van der Waals surface area contributed by atoms with Gasteiger partial charge < -0.3 is 0 Å². The molecule has 0 aromatic rings. The number of sulfone groups is 1. The first kappa shape index (κ1) is 11.6. The summed E-state index contributed by atoms with van der Waals surface area (Å²) in [6.07, 6.45) is 5.41. The second kappa shape index (κ2) is 3.48. The average Bonchev–Trinajstić information content (AvgIpc) is 3.04. The molecule has 2 heterocycles. The molecule has 4 aliphatic rings. The molecule has 1 saturated carbocycles. The first-order chi connectivity index (χ1) is 8.98. The lowest BCUT2D eigenvalue weighted by molar-refractivity contribution is -0.142. The van der Waals surface area contributed by atoms with E-state index >= 15 is 0 Å². The smallest absolute Gasteiger partial charge is 0.234 e. The molecule has 0 N–H and O–H groups in total. The third-order valence-electron chi connectivity index (χ3n) is 5.08. The number of carbonyl (C=O) groups excluding carboxylic acids is 2. The van der Waals surface area contributed by atoms with Gasteiger partial charge in [-0.15, -0.1) is 0 Å². The number of carbonyl (C=O) groups is 2. The fourth-order valence-corrected chi connectivity index (χ4v) is 5.96. The van der Waals surface area contributed by atoms with E-state index in [9.17, 15) is 18.0 Å². The number of likely N-dealkylation sites (tertiary alicyclic amines) is 1. The van der Waals surface area contributed by atoms with E-state index in [1.807, 2.05) is 12.2 Å². The van der Waals surface area contributed by atoms with E-state index in [2.05, 4.69) is 0 Å². The van der Waals surface area contributed by atoms with Gasteiger partial charge in [-0.05, 0) is 24.7 Å². The van der Waals surface area contributed by atoms with Gasteiger partial charge in [0.1, 0.15) is 0 Å². The highest BCUT2D eigenvalue weighted by Crippen LogP contribution is 2.53. The summed E-state index contributed by atoms with van der Waals surface area (Å²) in [7, 11) is -3.08. The van der Waals surface area contributed by atoms with Gasteiger partial charge >= 0.3 is 0 Å². The Balaban J connectivity index is 1.66. The summed E-state index contributed by atoms with van der Waals surface area (Å²) in [6, 6.07) is -0.421. The second-order valence-corrected chi connectivity index (χ2v) is 8.33. The molecule has 0 spiro atoms. The zero-order valence-corrected chi connectivity index (χ0v) is 11.2. The van der Waals surface area contributed by atoms with Crippen LogP contribution in [0.1, 0.15) is 12.8 Å². The summed E-state index contributed by atoms with van der Waals surface area (Å²) in [5, 5.41) is 0. The van der Waals surface area contributed by atoms with Gasteiger partial charge in [-0.3, -0.25) is 14.5 Å². The van der Waals surface area contributed by atoms with E-state index in [1.54, 1.807) is 0 Å². The maximum atomic E-state index is 12.5. The molecule has 0 aromatic carbocycles. The molecule has 0 aromatic heterocycles. The molecule has 2 amide bonds. The fourth-order valence-electron chi connectivity index (χ4n) is 4.26. The van der Waals surface area contributed by atoms with Crippen molar-refractivity contribution in [3.8, 4) is 0 Å². The number of amides is 2. The van der Waals surface area contributed by atoms with E-state index in [1.165, 1.54) is 4.90 Å². The van der Waals surface area contributed by atoms with Crippen LogP contribution in [0.5, 0.6) is 0 Å². The number of fused-ring (bicyclic) bond motifs is 5. The van der Waals surface area contributed by atoms with Crippen molar-refractivity contribution in [2.75, 3.05) is 11.5 Å². The van der Waals surface area contributed by atoms with Gasteiger partial charge in [0.25, 0.3) is 0 Å². The van der Waals surface area contributed by atoms with Crippen molar-refractivity contribution >= 4 is 21.7 Å². The number of allylic oxidation sites excluding steroid dienone is 2. The van der Waals surface area contributed by atoms with Crippen molar-refractivity contribution in [1.82, 2.24) is 4.90 Å². The first-order valence-corrected chi connectivity index (χ1v) is 8.56. The quantitative estimate of drug-likeness (QED) is 0.500. The summed E-state index contributed by atoms with van der Waals surface area (Å²) < 4.78 is 23.1. The standard InChI is InChI=1S/C13H15NO4S/c15-12-10-7-1-2-8(5-7)11(10)13(16)14(12)9-3-4-19(17,18)6-9/h1-2,7-11H,3-6H2. The molecular weight excluding hydrogens is 266 g/mol. The maximum Gasteiger partial charge on any atom is 0.234 e. The Morgan fingerprint density at radius 3 is 2.11 bits per heavy atom. The molecule has 0 radical (unpaired) electrons. The van der Waals surface area contributed by atoms with Crippen LogP contribution < -0.4 is 0 Å². The van der Waals surface area contributed by atoms with E-state index in [-0.39, 0.29) is 47.0 Å². The van der Waals surface area contributed by atoms with E-state index in [4.69, 9.17) is 0 Å². The summed E-state index contributed by atoms with van der Waals surface area (Å²) in [6.45, 7) is 0. The van der Waals surface area contributed by atoms with Crippen LogP contribution in [0.4, 0.5) is 0 Å². The Bertz CT molecular complexity index is 578. The Morgan fingerprint density at radius 2 is 1.63 bits per heavy atom. The van der Waals surface area contributed by atoms with Crippen molar-refractivity contribution in [2.24, 2.45) is 23.7 Å².